The third-order valence-electron chi connectivity index (χ3n) is 5.86. The van der Waals surface area contributed by atoms with Crippen LogP contribution < -0.4 is 4.74 Å². The molecule has 0 unspecified atom stereocenters. The van der Waals surface area contributed by atoms with Crippen molar-refractivity contribution in [2.24, 2.45) is 0 Å². The molecule has 7 heteroatoms. The fraction of sp³-hybridized carbons (Fsp3) is 0.364. The lowest BCUT2D eigenvalue weighted by molar-refractivity contribution is -0.00589. The molecule has 1 saturated heterocycles. The molecule has 1 fully saturated rings. The Kier molecular flexibility index (Phi) is 4.85. The maximum Gasteiger partial charge on any atom is 0.256 e. The van der Waals surface area contributed by atoms with E-state index in [2.05, 4.69) is 0 Å². The molecular weight excluding hydrogens is 400 g/mol. The van der Waals surface area contributed by atoms with E-state index in [1.165, 1.54) is 4.90 Å². The number of Topliss-reactive ketones (excluding diaryl/α,β-unsaturated/α-hetero) is 1. The number of fused-ring (bicyclic) bond motifs is 1. The van der Waals surface area contributed by atoms with Crippen LogP contribution in [-0.4, -0.2) is 35.3 Å². The minimum Gasteiger partial charge on any atom is -0.486 e. The SMILES string of the molecule is Cc1cc2c(c(C)c1Cl)C(=O)CC1(CCN(C(=O)c3ccc(F)cc3F)CC1)O2. The average Bonchev–Trinajstić information content (AvgIpc) is 2.66. The summed E-state index contributed by atoms with van der Waals surface area (Å²) in [5.41, 5.74) is 1.25. The van der Waals surface area contributed by atoms with Crippen molar-refractivity contribution in [3.63, 3.8) is 0 Å². The van der Waals surface area contributed by atoms with Crippen LogP contribution in [0.15, 0.2) is 24.3 Å². The number of rotatable bonds is 1. The van der Waals surface area contributed by atoms with Crippen molar-refractivity contribution in [3.8, 4) is 5.75 Å². The molecule has 0 aromatic heterocycles. The van der Waals surface area contributed by atoms with Gasteiger partial charge in [0.25, 0.3) is 5.91 Å². The molecular formula is C22H20ClF2NO3. The fourth-order valence-corrected chi connectivity index (χ4v) is 4.38. The first kappa shape index (κ1) is 19.8. The van der Waals surface area contributed by atoms with E-state index >= 15 is 0 Å². The Balaban J connectivity index is 1.54. The number of halogens is 3. The van der Waals surface area contributed by atoms with Gasteiger partial charge in [0.2, 0.25) is 0 Å². The van der Waals surface area contributed by atoms with Gasteiger partial charge in [-0.3, -0.25) is 9.59 Å². The number of hydrogen-bond donors (Lipinski definition) is 0. The Labute approximate surface area is 172 Å². The van der Waals surface area contributed by atoms with E-state index < -0.39 is 23.1 Å². The molecule has 152 valence electrons. The van der Waals surface area contributed by atoms with Crippen LogP contribution in [0.3, 0.4) is 0 Å². The van der Waals surface area contributed by atoms with Gasteiger partial charge in [-0.1, -0.05) is 11.6 Å². The predicted octanol–water partition coefficient (Wildman–Crippen LogP) is 4.88. The zero-order valence-electron chi connectivity index (χ0n) is 16.2. The molecule has 0 aliphatic carbocycles. The number of carbonyl (C=O) groups excluding carboxylic acids is 2. The summed E-state index contributed by atoms with van der Waals surface area (Å²) in [6.45, 7) is 4.32. The molecule has 2 aliphatic heterocycles. The molecule has 0 atom stereocenters. The Bertz CT molecular complexity index is 1030. The van der Waals surface area contributed by atoms with Crippen molar-refractivity contribution in [1.82, 2.24) is 4.90 Å². The monoisotopic (exact) mass is 419 g/mol. The van der Waals surface area contributed by atoms with Crippen LogP contribution in [-0.2, 0) is 0 Å². The van der Waals surface area contributed by atoms with Crippen LogP contribution in [0.4, 0.5) is 8.78 Å². The van der Waals surface area contributed by atoms with Crippen LogP contribution in [0.1, 0.15) is 51.1 Å². The van der Waals surface area contributed by atoms with Crippen molar-refractivity contribution in [2.75, 3.05) is 13.1 Å². The van der Waals surface area contributed by atoms with Gasteiger partial charge in [-0.2, -0.15) is 0 Å². The molecule has 1 amide bonds. The highest BCUT2D eigenvalue weighted by molar-refractivity contribution is 6.32. The summed E-state index contributed by atoms with van der Waals surface area (Å²) in [6.07, 6.45) is 1.12. The number of amides is 1. The number of likely N-dealkylation sites (tertiary alicyclic amines) is 1. The number of benzene rings is 2. The van der Waals surface area contributed by atoms with Crippen LogP contribution >= 0.6 is 11.6 Å². The van der Waals surface area contributed by atoms with Crippen molar-refractivity contribution >= 4 is 23.3 Å². The molecule has 0 N–H and O–H groups in total. The fourth-order valence-electron chi connectivity index (χ4n) is 4.23. The molecule has 0 radical (unpaired) electrons. The van der Waals surface area contributed by atoms with Gasteiger partial charge < -0.3 is 9.64 Å². The lowest BCUT2D eigenvalue weighted by Gasteiger charge is -2.44. The van der Waals surface area contributed by atoms with Crippen LogP contribution in [0.5, 0.6) is 5.75 Å². The lowest BCUT2D eigenvalue weighted by atomic mass is 9.81. The average molecular weight is 420 g/mol. The van der Waals surface area contributed by atoms with Gasteiger partial charge in [0.15, 0.2) is 5.78 Å². The molecule has 4 nitrogen and oxygen atoms in total. The molecule has 2 aliphatic rings. The topological polar surface area (TPSA) is 46.6 Å². The van der Waals surface area contributed by atoms with Gasteiger partial charge in [-0.25, -0.2) is 8.78 Å². The molecule has 2 aromatic rings. The second kappa shape index (κ2) is 7.10. The first-order valence-electron chi connectivity index (χ1n) is 9.47. The third kappa shape index (κ3) is 3.39. The number of nitrogens with zero attached hydrogens (tertiary/aromatic N) is 1. The number of piperidine rings is 1. The second-order valence-corrected chi connectivity index (χ2v) is 8.18. The Morgan fingerprint density at radius 2 is 1.86 bits per heavy atom. The van der Waals surface area contributed by atoms with Gasteiger partial charge in [-0.05, 0) is 43.2 Å². The lowest BCUT2D eigenvalue weighted by Crippen LogP contribution is -2.52. The van der Waals surface area contributed by atoms with Crippen LogP contribution in [0.25, 0.3) is 0 Å². The highest BCUT2D eigenvalue weighted by atomic mass is 35.5. The molecule has 2 aromatic carbocycles. The van der Waals surface area contributed by atoms with Gasteiger partial charge in [0.1, 0.15) is 23.0 Å². The van der Waals surface area contributed by atoms with Crippen LogP contribution in [0, 0.1) is 25.5 Å². The van der Waals surface area contributed by atoms with Crippen molar-refractivity contribution in [1.29, 1.82) is 0 Å². The molecule has 1 spiro atoms. The highest BCUT2D eigenvalue weighted by Crippen LogP contribution is 2.43. The summed E-state index contributed by atoms with van der Waals surface area (Å²) in [7, 11) is 0. The summed E-state index contributed by atoms with van der Waals surface area (Å²) >= 11 is 6.29. The van der Waals surface area contributed by atoms with E-state index in [1.807, 2.05) is 13.8 Å². The summed E-state index contributed by atoms with van der Waals surface area (Å²) in [5, 5.41) is 0.568. The normalized spacial score (nSPS) is 17.8. The quantitative estimate of drug-likeness (QED) is 0.662. The maximum absolute atomic E-state index is 14.0. The van der Waals surface area contributed by atoms with E-state index in [-0.39, 0.29) is 17.8 Å². The summed E-state index contributed by atoms with van der Waals surface area (Å²) in [4.78, 5) is 27.0. The Morgan fingerprint density at radius 3 is 2.52 bits per heavy atom. The summed E-state index contributed by atoms with van der Waals surface area (Å²) in [6, 6.07) is 4.71. The Hall–Kier alpha value is -2.47. The number of ether oxygens (including phenoxy) is 1. The standard InChI is InChI=1S/C22H20ClF2NO3/c1-12-9-18-19(13(2)20(12)23)17(27)11-22(29-18)5-7-26(8-6-22)21(28)15-4-3-14(24)10-16(15)25/h3-4,9-10H,5-8,11H2,1-2H3. The summed E-state index contributed by atoms with van der Waals surface area (Å²) in [5.74, 6) is -1.58. The molecule has 4 rings (SSSR count). The maximum atomic E-state index is 14.0. The van der Waals surface area contributed by atoms with E-state index in [9.17, 15) is 18.4 Å². The van der Waals surface area contributed by atoms with Crippen molar-refractivity contribution in [3.05, 3.63) is 63.2 Å². The van der Waals surface area contributed by atoms with Gasteiger partial charge in [0, 0.05) is 37.0 Å². The van der Waals surface area contributed by atoms with Crippen LogP contribution in [0.2, 0.25) is 5.02 Å². The molecule has 29 heavy (non-hydrogen) atoms. The first-order chi connectivity index (χ1) is 13.7. The van der Waals surface area contributed by atoms with E-state index in [0.29, 0.717) is 48.3 Å². The van der Waals surface area contributed by atoms with Gasteiger partial charge in [-0.15, -0.1) is 0 Å². The number of aryl methyl sites for hydroxylation is 1. The van der Waals surface area contributed by atoms with Crippen molar-refractivity contribution in [2.45, 2.75) is 38.7 Å². The van der Waals surface area contributed by atoms with Gasteiger partial charge >= 0.3 is 0 Å². The summed E-state index contributed by atoms with van der Waals surface area (Å²) < 4.78 is 33.4. The first-order valence-corrected chi connectivity index (χ1v) is 9.85. The van der Waals surface area contributed by atoms with E-state index in [4.69, 9.17) is 16.3 Å². The molecule has 0 saturated carbocycles. The number of ketones is 1. The zero-order chi connectivity index (χ0) is 20.9. The van der Waals surface area contributed by atoms with E-state index in [1.54, 1.807) is 6.07 Å². The predicted molar refractivity (Wildman–Crippen MR) is 105 cm³/mol. The van der Waals surface area contributed by atoms with Crippen molar-refractivity contribution < 1.29 is 23.1 Å². The van der Waals surface area contributed by atoms with E-state index in [0.717, 1.165) is 23.3 Å². The smallest absolute Gasteiger partial charge is 0.256 e. The zero-order valence-corrected chi connectivity index (χ0v) is 16.9. The highest BCUT2D eigenvalue weighted by Gasteiger charge is 2.44. The number of hydrogen-bond acceptors (Lipinski definition) is 3. The minimum absolute atomic E-state index is 0.0185. The second-order valence-electron chi connectivity index (χ2n) is 7.81. The third-order valence-corrected chi connectivity index (χ3v) is 6.44. The number of carbonyl (C=O) groups is 2. The van der Waals surface area contributed by atoms with Gasteiger partial charge in [0.05, 0.1) is 17.5 Å². The molecule has 0 bridgehead atoms. The minimum atomic E-state index is -0.879. The largest absolute Gasteiger partial charge is 0.486 e. The Morgan fingerprint density at radius 1 is 1.17 bits per heavy atom. The molecule has 2 heterocycles.